The predicted molar refractivity (Wildman–Crippen MR) is 76.9 cm³/mol. The van der Waals surface area contributed by atoms with Crippen molar-refractivity contribution in [2.24, 2.45) is 5.73 Å². The minimum Gasteiger partial charge on any atom is -0.497 e. The van der Waals surface area contributed by atoms with Crippen LogP contribution in [0.5, 0.6) is 11.5 Å². The van der Waals surface area contributed by atoms with Crippen molar-refractivity contribution in [2.45, 2.75) is 25.3 Å². The van der Waals surface area contributed by atoms with E-state index in [2.05, 4.69) is 0 Å². The van der Waals surface area contributed by atoms with Gasteiger partial charge in [-0.3, -0.25) is 4.79 Å². The number of carbonyl (C=O) groups excluding carboxylic acids is 1. The van der Waals surface area contributed by atoms with Gasteiger partial charge in [-0.15, -0.1) is 0 Å². The minimum absolute atomic E-state index is 0.131. The average molecular weight is 278 g/mol. The Bertz CT molecular complexity index is 433. The predicted octanol–water partition coefficient (Wildman–Crippen LogP) is 1.41. The van der Waals surface area contributed by atoms with Crippen LogP contribution in [-0.4, -0.2) is 43.7 Å². The molecular weight excluding hydrogens is 256 g/mol. The Morgan fingerprint density at radius 3 is 2.70 bits per heavy atom. The molecule has 1 fully saturated rings. The van der Waals surface area contributed by atoms with Gasteiger partial charge in [-0.05, 0) is 37.1 Å². The van der Waals surface area contributed by atoms with E-state index >= 15 is 0 Å². The summed E-state index contributed by atoms with van der Waals surface area (Å²) in [5, 5.41) is 0. The van der Waals surface area contributed by atoms with E-state index in [1.807, 2.05) is 29.2 Å². The highest BCUT2D eigenvalue weighted by Gasteiger charge is 2.26. The van der Waals surface area contributed by atoms with E-state index in [0.29, 0.717) is 19.6 Å². The molecule has 20 heavy (non-hydrogen) atoms. The quantitative estimate of drug-likeness (QED) is 0.854. The fourth-order valence-corrected chi connectivity index (χ4v) is 2.48. The Hall–Kier alpha value is -1.75. The third-order valence-electron chi connectivity index (χ3n) is 3.61. The van der Waals surface area contributed by atoms with Gasteiger partial charge in [0.1, 0.15) is 11.5 Å². The molecule has 1 amide bonds. The molecule has 1 unspecified atom stereocenters. The number of ether oxygens (including phenoxy) is 2. The van der Waals surface area contributed by atoms with Crippen LogP contribution in [0.3, 0.4) is 0 Å². The Balaban J connectivity index is 1.76. The normalized spacial score (nSPS) is 18.1. The first-order valence-corrected chi connectivity index (χ1v) is 7.01. The summed E-state index contributed by atoms with van der Waals surface area (Å²) >= 11 is 0. The third-order valence-corrected chi connectivity index (χ3v) is 3.61. The number of hydrogen-bond acceptors (Lipinski definition) is 4. The van der Waals surface area contributed by atoms with Crippen LogP contribution in [0.2, 0.25) is 0 Å². The van der Waals surface area contributed by atoms with Gasteiger partial charge in [0.05, 0.1) is 20.1 Å². The van der Waals surface area contributed by atoms with Crippen molar-refractivity contribution in [1.82, 2.24) is 4.90 Å². The third kappa shape index (κ3) is 3.63. The molecular formula is C15H22N2O3. The first kappa shape index (κ1) is 14.7. The molecule has 1 heterocycles. The molecule has 110 valence electrons. The maximum absolute atomic E-state index is 12.1. The molecule has 0 saturated carbocycles. The molecule has 1 atom stereocenters. The van der Waals surface area contributed by atoms with E-state index in [1.165, 1.54) is 0 Å². The van der Waals surface area contributed by atoms with Gasteiger partial charge < -0.3 is 20.1 Å². The molecule has 1 aliphatic heterocycles. The molecule has 0 aromatic heterocycles. The molecule has 5 nitrogen and oxygen atoms in total. The zero-order valence-electron chi connectivity index (χ0n) is 11.9. The molecule has 0 aliphatic carbocycles. The van der Waals surface area contributed by atoms with E-state index in [1.54, 1.807) is 7.11 Å². The monoisotopic (exact) mass is 278 g/mol. The fraction of sp³-hybridized carbons (Fsp3) is 0.533. The van der Waals surface area contributed by atoms with Gasteiger partial charge in [-0.2, -0.15) is 0 Å². The molecule has 0 spiro atoms. The van der Waals surface area contributed by atoms with Crippen LogP contribution in [0.15, 0.2) is 24.3 Å². The van der Waals surface area contributed by atoms with Crippen LogP contribution in [-0.2, 0) is 4.79 Å². The van der Waals surface area contributed by atoms with Gasteiger partial charge in [-0.1, -0.05) is 0 Å². The second-order valence-corrected chi connectivity index (χ2v) is 4.89. The molecule has 1 saturated heterocycles. The Morgan fingerprint density at radius 1 is 1.35 bits per heavy atom. The van der Waals surface area contributed by atoms with E-state index in [4.69, 9.17) is 15.2 Å². The van der Waals surface area contributed by atoms with Crippen molar-refractivity contribution in [1.29, 1.82) is 0 Å². The number of methoxy groups -OCH3 is 1. The smallest absolute Gasteiger partial charge is 0.226 e. The number of amides is 1. The summed E-state index contributed by atoms with van der Waals surface area (Å²) in [5.41, 5.74) is 5.67. The van der Waals surface area contributed by atoms with Crippen molar-refractivity contribution >= 4 is 5.91 Å². The highest BCUT2D eigenvalue weighted by Crippen LogP contribution is 2.19. The lowest BCUT2D eigenvalue weighted by Gasteiger charge is -2.23. The average Bonchev–Trinajstić information content (AvgIpc) is 2.96. The van der Waals surface area contributed by atoms with E-state index in [0.717, 1.165) is 30.9 Å². The summed E-state index contributed by atoms with van der Waals surface area (Å²) < 4.78 is 10.6. The molecule has 2 rings (SSSR count). The summed E-state index contributed by atoms with van der Waals surface area (Å²) in [4.78, 5) is 14.0. The van der Waals surface area contributed by atoms with Crippen molar-refractivity contribution in [2.75, 3.05) is 26.8 Å². The Kier molecular flexibility index (Phi) is 5.24. The lowest BCUT2D eigenvalue weighted by molar-refractivity contribution is -0.132. The van der Waals surface area contributed by atoms with E-state index in [-0.39, 0.29) is 11.9 Å². The molecule has 5 heteroatoms. The Labute approximate surface area is 119 Å². The van der Waals surface area contributed by atoms with Crippen molar-refractivity contribution in [3.8, 4) is 11.5 Å². The second kappa shape index (κ2) is 7.14. The maximum atomic E-state index is 12.1. The second-order valence-electron chi connectivity index (χ2n) is 4.89. The summed E-state index contributed by atoms with van der Waals surface area (Å²) in [7, 11) is 1.62. The first-order valence-electron chi connectivity index (χ1n) is 7.01. The van der Waals surface area contributed by atoms with Crippen molar-refractivity contribution in [3.63, 3.8) is 0 Å². The summed E-state index contributed by atoms with van der Waals surface area (Å²) in [6.45, 7) is 1.76. The van der Waals surface area contributed by atoms with Crippen LogP contribution < -0.4 is 15.2 Å². The molecule has 1 aromatic carbocycles. The molecule has 0 radical (unpaired) electrons. The van der Waals surface area contributed by atoms with E-state index in [9.17, 15) is 4.79 Å². The highest BCUT2D eigenvalue weighted by atomic mass is 16.5. The van der Waals surface area contributed by atoms with Crippen molar-refractivity contribution in [3.05, 3.63) is 24.3 Å². The summed E-state index contributed by atoms with van der Waals surface area (Å²) in [6, 6.07) is 7.55. The minimum atomic E-state index is 0.131. The zero-order valence-corrected chi connectivity index (χ0v) is 11.9. The van der Waals surface area contributed by atoms with Gasteiger partial charge in [-0.25, -0.2) is 0 Å². The van der Waals surface area contributed by atoms with Gasteiger partial charge in [0.2, 0.25) is 5.91 Å². The van der Waals surface area contributed by atoms with E-state index < -0.39 is 0 Å². The molecule has 0 bridgehead atoms. The number of rotatable bonds is 6. The molecule has 1 aromatic rings. The topological polar surface area (TPSA) is 64.8 Å². The number of hydrogen-bond donors (Lipinski definition) is 1. The SMILES string of the molecule is COc1ccc(OCCC(=O)N2CCCC2CN)cc1. The van der Waals surface area contributed by atoms with Crippen LogP contribution >= 0.6 is 0 Å². The van der Waals surface area contributed by atoms with Gasteiger partial charge in [0.15, 0.2) is 0 Å². The van der Waals surface area contributed by atoms with Gasteiger partial charge >= 0.3 is 0 Å². The summed E-state index contributed by atoms with van der Waals surface area (Å²) in [6.07, 6.45) is 2.46. The van der Waals surface area contributed by atoms with Crippen LogP contribution in [0.4, 0.5) is 0 Å². The number of benzene rings is 1. The standard InChI is InChI=1S/C15H22N2O3/c1-19-13-4-6-14(7-5-13)20-10-8-15(18)17-9-2-3-12(17)11-16/h4-7,12H,2-3,8-11,16H2,1H3. The van der Waals surface area contributed by atoms with Crippen LogP contribution in [0.25, 0.3) is 0 Å². The number of nitrogens with two attached hydrogens (primary N) is 1. The Morgan fingerprint density at radius 2 is 2.05 bits per heavy atom. The largest absolute Gasteiger partial charge is 0.497 e. The first-order chi connectivity index (χ1) is 9.74. The summed E-state index contributed by atoms with van der Waals surface area (Å²) in [5.74, 6) is 1.66. The fourth-order valence-electron chi connectivity index (χ4n) is 2.48. The van der Waals surface area contributed by atoms with Crippen molar-refractivity contribution < 1.29 is 14.3 Å². The maximum Gasteiger partial charge on any atom is 0.226 e. The van der Waals surface area contributed by atoms with Gasteiger partial charge in [0, 0.05) is 19.1 Å². The number of nitrogens with zero attached hydrogens (tertiary/aromatic N) is 1. The molecule has 1 aliphatic rings. The van der Waals surface area contributed by atoms with Crippen LogP contribution in [0.1, 0.15) is 19.3 Å². The number of likely N-dealkylation sites (tertiary alicyclic amines) is 1. The van der Waals surface area contributed by atoms with Gasteiger partial charge in [0.25, 0.3) is 0 Å². The zero-order chi connectivity index (χ0) is 14.4. The molecule has 2 N–H and O–H groups in total. The highest BCUT2D eigenvalue weighted by molar-refractivity contribution is 5.77. The lowest BCUT2D eigenvalue weighted by Crippen LogP contribution is -2.40. The number of carbonyl (C=O) groups is 1. The lowest BCUT2D eigenvalue weighted by atomic mass is 10.2. The van der Waals surface area contributed by atoms with Crippen LogP contribution in [0, 0.1) is 0 Å².